The number of nitrogens with two attached hydrogens (primary N) is 1. The number of hydrogen-bond acceptors (Lipinski definition) is 3. The van der Waals surface area contributed by atoms with Gasteiger partial charge in [-0.2, -0.15) is 0 Å². The minimum absolute atomic E-state index is 0.695. The summed E-state index contributed by atoms with van der Waals surface area (Å²) in [4.78, 5) is 1.18. The van der Waals surface area contributed by atoms with E-state index >= 15 is 0 Å². The van der Waals surface area contributed by atoms with Crippen LogP contribution in [0.2, 0.25) is 0 Å². The summed E-state index contributed by atoms with van der Waals surface area (Å²) in [5.74, 6) is 1.88. The number of benzene rings is 1. The molecule has 0 spiro atoms. The van der Waals surface area contributed by atoms with E-state index in [4.69, 9.17) is 10.5 Å². The van der Waals surface area contributed by atoms with Crippen molar-refractivity contribution < 1.29 is 4.74 Å². The quantitative estimate of drug-likeness (QED) is 0.777. The predicted octanol–water partition coefficient (Wildman–Crippen LogP) is 2.36. The zero-order valence-corrected chi connectivity index (χ0v) is 9.78. The van der Waals surface area contributed by atoms with Crippen LogP contribution in [-0.4, -0.2) is 19.4 Å². The van der Waals surface area contributed by atoms with Gasteiger partial charge in [0.15, 0.2) is 0 Å². The first kappa shape index (κ1) is 11.4. The molecule has 2 N–H and O–H groups in total. The summed E-state index contributed by atoms with van der Waals surface area (Å²) in [6.45, 7) is 4.90. The maximum atomic E-state index is 5.47. The molecule has 3 heteroatoms. The first-order valence-corrected chi connectivity index (χ1v) is 5.65. The molecule has 0 unspecified atom stereocenters. The molecule has 2 nitrogen and oxygen atoms in total. The van der Waals surface area contributed by atoms with Gasteiger partial charge in [0.05, 0.1) is 7.11 Å². The van der Waals surface area contributed by atoms with Crippen LogP contribution < -0.4 is 10.5 Å². The number of rotatable bonds is 4. The van der Waals surface area contributed by atoms with Crippen LogP contribution in [-0.2, 0) is 0 Å². The molecule has 0 fully saturated rings. The van der Waals surface area contributed by atoms with E-state index in [1.807, 2.05) is 0 Å². The topological polar surface area (TPSA) is 35.2 Å². The van der Waals surface area contributed by atoms with Crippen molar-refractivity contribution in [1.29, 1.82) is 0 Å². The average Bonchev–Trinajstić information content (AvgIpc) is 2.19. The van der Waals surface area contributed by atoms with Gasteiger partial charge in [-0.3, -0.25) is 0 Å². The smallest absolute Gasteiger partial charge is 0.132 e. The van der Waals surface area contributed by atoms with E-state index in [1.165, 1.54) is 16.0 Å². The lowest BCUT2D eigenvalue weighted by molar-refractivity contribution is 0.404. The number of ether oxygens (including phenoxy) is 1. The molecule has 0 atom stereocenters. The van der Waals surface area contributed by atoms with E-state index in [0.29, 0.717) is 6.54 Å². The van der Waals surface area contributed by atoms with E-state index < -0.39 is 0 Å². The Bertz CT molecular complexity index is 312. The zero-order chi connectivity index (χ0) is 10.6. The van der Waals surface area contributed by atoms with E-state index in [-0.39, 0.29) is 0 Å². The molecular weight excluding hydrogens is 194 g/mol. The van der Waals surface area contributed by atoms with Gasteiger partial charge in [0.25, 0.3) is 0 Å². The second-order valence-electron chi connectivity index (χ2n) is 3.22. The largest absolute Gasteiger partial charge is 0.496 e. The maximum Gasteiger partial charge on any atom is 0.132 e. The van der Waals surface area contributed by atoms with Crippen molar-refractivity contribution in [2.45, 2.75) is 18.7 Å². The van der Waals surface area contributed by atoms with Crippen molar-refractivity contribution in [3.63, 3.8) is 0 Å². The van der Waals surface area contributed by atoms with Gasteiger partial charge < -0.3 is 10.5 Å². The summed E-state index contributed by atoms with van der Waals surface area (Å²) in [6.07, 6.45) is 0. The summed E-state index contributed by atoms with van der Waals surface area (Å²) in [5.41, 5.74) is 8.03. The maximum absolute atomic E-state index is 5.47. The lowest BCUT2D eigenvalue weighted by atomic mass is 10.1. The number of hydrogen-bond donors (Lipinski definition) is 1. The van der Waals surface area contributed by atoms with Crippen molar-refractivity contribution in [3.05, 3.63) is 23.3 Å². The Kier molecular flexibility index (Phi) is 4.29. The minimum Gasteiger partial charge on any atom is -0.496 e. The SMILES string of the molecule is COc1cc(C)c(C)cc1SCCN. The van der Waals surface area contributed by atoms with Crippen LogP contribution >= 0.6 is 11.8 Å². The molecular formula is C11H17NOS. The summed E-state index contributed by atoms with van der Waals surface area (Å²) >= 11 is 1.74. The van der Waals surface area contributed by atoms with Crippen LogP contribution in [0.25, 0.3) is 0 Å². The van der Waals surface area contributed by atoms with E-state index in [9.17, 15) is 0 Å². The van der Waals surface area contributed by atoms with E-state index in [1.54, 1.807) is 18.9 Å². The van der Waals surface area contributed by atoms with Crippen molar-refractivity contribution in [2.24, 2.45) is 5.73 Å². The highest BCUT2D eigenvalue weighted by atomic mass is 32.2. The van der Waals surface area contributed by atoms with Gasteiger partial charge in [-0.15, -0.1) is 11.8 Å². The van der Waals surface area contributed by atoms with Gasteiger partial charge in [-0.1, -0.05) is 0 Å². The van der Waals surface area contributed by atoms with E-state index in [0.717, 1.165) is 11.5 Å². The van der Waals surface area contributed by atoms with Gasteiger partial charge in [0.2, 0.25) is 0 Å². The normalized spacial score (nSPS) is 10.3. The Morgan fingerprint density at radius 1 is 1.29 bits per heavy atom. The molecule has 78 valence electrons. The van der Waals surface area contributed by atoms with Gasteiger partial charge in [-0.05, 0) is 37.1 Å². The predicted molar refractivity (Wildman–Crippen MR) is 62.2 cm³/mol. The highest BCUT2D eigenvalue weighted by molar-refractivity contribution is 7.99. The third-order valence-electron chi connectivity index (χ3n) is 2.16. The van der Waals surface area contributed by atoms with Crippen LogP contribution in [0.1, 0.15) is 11.1 Å². The molecule has 0 bridgehead atoms. The number of aryl methyl sites for hydroxylation is 2. The van der Waals surface area contributed by atoms with Crippen molar-refractivity contribution in [3.8, 4) is 5.75 Å². The van der Waals surface area contributed by atoms with Crippen LogP contribution in [0.4, 0.5) is 0 Å². The average molecular weight is 211 g/mol. The second-order valence-corrected chi connectivity index (χ2v) is 4.36. The molecule has 0 saturated carbocycles. The van der Waals surface area contributed by atoms with Gasteiger partial charge in [0.1, 0.15) is 5.75 Å². The number of thioether (sulfide) groups is 1. The molecule has 0 heterocycles. The molecule has 0 aliphatic heterocycles. The molecule has 1 rings (SSSR count). The summed E-state index contributed by atoms with van der Waals surface area (Å²) in [6, 6.07) is 4.24. The van der Waals surface area contributed by atoms with Gasteiger partial charge in [-0.25, -0.2) is 0 Å². The third kappa shape index (κ3) is 2.66. The molecule has 0 aliphatic rings. The molecule has 0 aromatic heterocycles. The first-order valence-electron chi connectivity index (χ1n) is 4.67. The van der Waals surface area contributed by atoms with E-state index in [2.05, 4.69) is 26.0 Å². The zero-order valence-electron chi connectivity index (χ0n) is 8.96. The standard InChI is InChI=1S/C11H17NOS/c1-8-6-10(13-3)11(7-9(8)2)14-5-4-12/h6-7H,4-5,12H2,1-3H3. The molecule has 14 heavy (non-hydrogen) atoms. The molecule has 1 aromatic rings. The van der Waals surface area contributed by atoms with Crippen LogP contribution in [0.3, 0.4) is 0 Å². The Morgan fingerprint density at radius 3 is 2.50 bits per heavy atom. The van der Waals surface area contributed by atoms with Gasteiger partial charge >= 0.3 is 0 Å². The minimum atomic E-state index is 0.695. The highest BCUT2D eigenvalue weighted by Crippen LogP contribution is 2.31. The van der Waals surface area contributed by atoms with Crippen molar-refractivity contribution >= 4 is 11.8 Å². The Hall–Kier alpha value is -0.670. The molecule has 0 saturated heterocycles. The lowest BCUT2D eigenvalue weighted by Gasteiger charge is -2.10. The van der Waals surface area contributed by atoms with Crippen LogP contribution in [0.5, 0.6) is 5.75 Å². The van der Waals surface area contributed by atoms with Crippen molar-refractivity contribution in [1.82, 2.24) is 0 Å². The Morgan fingerprint density at radius 2 is 1.93 bits per heavy atom. The monoisotopic (exact) mass is 211 g/mol. The van der Waals surface area contributed by atoms with Crippen LogP contribution in [0.15, 0.2) is 17.0 Å². The molecule has 1 aromatic carbocycles. The second kappa shape index (κ2) is 5.27. The molecule has 0 amide bonds. The Labute approximate surface area is 89.8 Å². The molecule has 0 aliphatic carbocycles. The Balaban J connectivity index is 2.95. The summed E-state index contributed by atoms with van der Waals surface area (Å²) in [5, 5.41) is 0. The fourth-order valence-corrected chi connectivity index (χ4v) is 2.09. The fourth-order valence-electron chi connectivity index (χ4n) is 1.20. The third-order valence-corrected chi connectivity index (χ3v) is 3.23. The highest BCUT2D eigenvalue weighted by Gasteiger charge is 2.05. The van der Waals surface area contributed by atoms with Crippen molar-refractivity contribution in [2.75, 3.05) is 19.4 Å². The molecule has 0 radical (unpaired) electrons. The summed E-state index contributed by atoms with van der Waals surface area (Å²) < 4.78 is 5.32. The van der Waals surface area contributed by atoms with Crippen LogP contribution in [0, 0.1) is 13.8 Å². The summed E-state index contributed by atoms with van der Waals surface area (Å²) in [7, 11) is 1.70. The lowest BCUT2D eigenvalue weighted by Crippen LogP contribution is -2.01. The van der Waals surface area contributed by atoms with Gasteiger partial charge in [0, 0.05) is 17.2 Å². The number of methoxy groups -OCH3 is 1. The fraction of sp³-hybridized carbons (Fsp3) is 0.455. The first-order chi connectivity index (χ1) is 6.69.